The summed E-state index contributed by atoms with van der Waals surface area (Å²) >= 11 is 0. The minimum absolute atomic E-state index is 0.194. The summed E-state index contributed by atoms with van der Waals surface area (Å²) in [5, 5.41) is 5.29. The molecule has 0 spiro atoms. The summed E-state index contributed by atoms with van der Waals surface area (Å²) in [5.41, 5.74) is 1.30. The molecule has 1 aromatic carbocycles. The molecule has 132 valence electrons. The summed E-state index contributed by atoms with van der Waals surface area (Å²) in [5.74, 6) is -0.727. The Labute approximate surface area is 146 Å². The van der Waals surface area contributed by atoms with Crippen LogP contribution in [0.2, 0.25) is 0 Å². The standard InChI is InChI=1S/C18H22N4O3/c1-12(22(2)15-6-7-15)9-20-17(23)18(24)21-14-5-3-4-13(8-14)16-10-19-11-25-16/h3-5,8,10-12,15H,6-7,9H2,1-2H3,(H,20,23)(H,21,24)/t12-/m1/s1. The van der Waals surface area contributed by atoms with Gasteiger partial charge >= 0.3 is 11.8 Å². The highest BCUT2D eigenvalue weighted by Gasteiger charge is 2.29. The Balaban J connectivity index is 1.53. The molecular weight excluding hydrogens is 320 g/mol. The molecule has 1 saturated carbocycles. The van der Waals surface area contributed by atoms with E-state index in [1.165, 1.54) is 19.2 Å². The van der Waals surface area contributed by atoms with Crippen molar-refractivity contribution < 1.29 is 14.0 Å². The van der Waals surface area contributed by atoms with E-state index in [0.29, 0.717) is 24.0 Å². The quantitative estimate of drug-likeness (QED) is 0.783. The van der Waals surface area contributed by atoms with Crippen LogP contribution in [0.1, 0.15) is 19.8 Å². The number of anilines is 1. The van der Waals surface area contributed by atoms with Crippen molar-refractivity contribution in [2.24, 2.45) is 0 Å². The molecule has 25 heavy (non-hydrogen) atoms. The zero-order valence-corrected chi connectivity index (χ0v) is 14.4. The largest absolute Gasteiger partial charge is 0.444 e. The summed E-state index contributed by atoms with van der Waals surface area (Å²) in [6, 6.07) is 7.87. The summed E-state index contributed by atoms with van der Waals surface area (Å²) in [4.78, 5) is 30.2. The first-order valence-electron chi connectivity index (χ1n) is 8.34. The number of carbonyl (C=O) groups excluding carboxylic acids is 2. The van der Waals surface area contributed by atoms with Gasteiger partial charge in [-0.3, -0.25) is 14.5 Å². The maximum atomic E-state index is 12.1. The van der Waals surface area contributed by atoms with Crippen LogP contribution >= 0.6 is 0 Å². The van der Waals surface area contributed by atoms with Crippen LogP contribution in [0.4, 0.5) is 5.69 Å². The van der Waals surface area contributed by atoms with Gasteiger partial charge in [0, 0.05) is 29.9 Å². The van der Waals surface area contributed by atoms with Crippen LogP contribution in [0, 0.1) is 0 Å². The molecule has 1 atom stereocenters. The number of aromatic nitrogens is 1. The molecule has 0 unspecified atom stereocenters. The van der Waals surface area contributed by atoms with Gasteiger partial charge in [0.2, 0.25) is 0 Å². The highest BCUT2D eigenvalue weighted by molar-refractivity contribution is 6.39. The number of hydrogen-bond acceptors (Lipinski definition) is 5. The molecule has 2 N–H and O–H groups in total. The monoisotopic (exact) mass is 342 g/mol. The summed E-state index contributed by atoms with van der Waals surface area (Å²) in [6.07, 6.45) is 5.34. The van der Waals surface area contributed by atoms with Crippen LogP contribution in [0.15, 0.2) is 41.3 Å². The van der Waals surface area contributed by atoms with Gasteiger partial charge in [-0.2, -0.15) is 0 Å². The van der Waals surface area contributed by atoms with Crippen molar-refractivity contribution in [1.29, 1.82) is 0 Å². The molecule has 0 bridgehead atoms. The van der Waals surface area contributed by atoms with Crippen molar-refractivity contribution in [3.8, 4) is 11.3 Å². The van der Waals surface area contributed by atoms with Crippen LogP contribution in [-0.4, -0.2) is 47.4 Å². The van der Waals surface area contributed by atoms with E-state index < -0.39 is 11.8 Å². The molecule has 1 fully saturated rings. The number of rotatable bonds is 6. The van der Waals surface area contributed by atoms with E-state index in [9.17, 15) is 9.59 Å². The molecule has 0 radical (unpaired) electrons. The normalized spacial score (nSPS) is 15.0. The first-order chi connectivity index (χ1) is 12.0. The Morgan fingerprint density at radius 2 is 2.16 bits per heavy atom. The smallest absolute Gasteiger partial charge is 0.313 e. The molecule has 3 rings (SSSR count). The number of nitrogens with zero attached hydrogens (tertiary/aromatic N) is 2. The fraction of sp³-hybridized carbons (Fsp3) is 0.389. The topological polar surface area (TPSA) is 87.5 Å². The summed E-state index contributed by atoms with van der Waals surface area (Å²) in [7, 11) is 2.05. The molecule has 7 nitrogen and oxygen atoms in total. The number of benzene rings is 1. The van der Waals surface area contributed by atoms with Gasteiger partial charge in [0.05, 0.1) is 6.20 Å². The van der Waals surface area contributed by atoms with Crippen molar-refractivity contribution in [1.82, 2.24) is 15.2 Å². The number of carbonyl (C=O) groups is 2. The third kappa shape index (κ3) is 4.45. The lowest BCUT2D eigenvalue weighted by Gasteiger charge is -2.24. The molecule has 1 aromatic heterocycles. The van der Waals surface area contributed by atoms with Gasteiger partial charge in [0.25, 0.3) is 0 Å². The maximum absolute atomic E-state index is 12.1. The molecule has 1 heterocycles. The molecule has 7 heteroatoms. The Morgan fingerprint density at radius 1 is 1.36 bits per heavy atom. The van der Waals surface area contributed by atoms with Crippen molar-refractivity contribution >= 4 is 17.5 Å². The van der Waals surface area contributed by atoms with Gasteiger partial charge in [0.1, 0.15) is 0 Å². The van der Waals surface area contributed by atoms with Crippen molar-refractivity contribution in [3.05, 3.63) is 36.9 Å². The van der Waals surface area contributed by atoms with E-state index in [1.54, 1.807) is 24.4 Å². The molecular formula is C18H22N4O3. The van der Waals surface area contributed by atoms with Crippen molar-refractivity contribution in [3.63, 3.8) is 0 Å². The molecule has 0 saturated heterocycles. The second-order valence-electron chi connectivity index (χ2n) is 6.36. The Morgan fingerprint density at radius 3 is 2.84 bits per heavy atom. The van der Waals surface area contributed by atoms with E-state index in [1.807, 2.05) is 20.0 Å². The second-order valence-corrected chi connectivity index (χ2v) is 6.36. The third-order valence-electron chi connectivity index (χ3n) is 4.42. The van der Waals surface area contributed by atoms with E-state index in [2.05, 4.69) is 20.5 Å². The number of oxazole rings is 1. The SMILES string of the molecule is C[C@H](CNC(=O)C(=O)Nc1cccc(-c2cnco2)c1)N(C)C1CC1. The first kappa shape index (κ1) is 17.2. The molecule has 2 amide bonds. The molecule has 0 aliphatic heterocycles. The predicted molar refractivity (Wildman–Crippen MR) is 93.8 cm³/mol. The Bertz CT molecular complexity index is 741. The zero-order chi connectivity index (χ0) is 17.8. The average molecular weight is 342 g/mol. The van der Waals surface area contributed by atoms with Gasteiger partial charge in [-0.05, 0) is 38.9 Å². The van der Waals surface area contributed by atoms with Gasteiger partial charge < -0.3 is 15.1 Å². The lowest BCUT2D eigenvalue weighted by Crippen LogP contribution is -2.44. The number of nitrogens with one attached hydrogen (secondary N) is 2. The maximum Gasteiger partial charge on any atom is 0.313 e. The van der Waals surface area contributed by atoms with E-state index in [4.69, 9.17) is 4.42 Å². The fourth-order valence-electron chi connectivity index (χ4n) is 2.60. The third-order valence-corrected chi connectivity index (χ3v) is 4.42. The summed E-state index contributed by atoms with van der Waals surface area (Å²) in [6.45, 7) is 2.48. The number of likely N-dealkylation sites (N-methyl/N-ethyl adjacent to an activating group) is 1. The van der Waals surface area contributed by atoms with Crippen LogP contribution in [0.25, 0.3) is 11.3 Å². The van der Waals surface area contributed by atoms with E-state index in [-0.39, 0.29) is 6.04 Å². The zero-order valence-electron chi connectivity index (χ0n) is 14.4. The Kier molecular flexibility index (Phi) is 5.14. The van der Waals surface area contributed by atoms with Crippen LogP contribution in [0.3, 0.4) is 0 Å². The first-order valence-corrected chi connectivity index (χ1v) is 8.34. The highest BCUT2D eigenvalue weighted by atomic mass is 16.3. The lowest BCUT2D eigenvalue weighted by atomic mass is 10.1. The van der Waals surface area contributed by atoms with Gasteiger partial charge in [-0.15, -0.1) is 0 Å². The van der Waals surface area contributed by atoms with Gasteiger partial charge in [-0.25, -0.2) is 4.98 Å². The molecule has 1 aliphatic carbocycles. The van der Waals surface area contributed by atoms with Crippen LogP contribution in [0.5, 0.6) is 0 Å². The van der Waals surface area contributed by atoms with E-state index >= 15 is 0 Å². The fourth-order valence-corrected chi connectivity index (χ4v) is 2.60. The number of hydrogen-bond donors (Lipinski definition) is 2. The van der Waals surface area contributed by atoms with Gasteiger partial charge in [0.15, 0.2) is 12.2 Å². The van der Waals surface area contributed by atoms with Gasteiger partial charge in [-0.1, -0.05) is 12.1 Å². The Hall–Kier alpha value is -2.67. The summed E-state index contributed by atoms with van der Waals surface area (Å²) < 4.78 is 5.23. The van der Waals surface area contributed by atoms with Crippen LogP contribution in [-0.2, 0) is 9.59 Å². The molecule has 2 aromatic rings. The van der Waals surface area contributed by atoms with E-state index in [0.717, 1.165) is 5.56 Å². The van der Waals surface area contributed by atoms with Crippen molar-refractivity contribution in [2.45, 2.75) is 31.8 Å². The lowest BCUT2D eigenvalue weighted by molar-refractivity contribution is -0.136. The second kappa shape index (κ2) is 7.48. The minimum atomic E-state index is -0.684. The highest BCUT2D eigenvalue weighted by Crippen LogP contribution is 2.26. The number of amides is 2. The average Bonchev–Trinajstić information content (AvgIpc) is 3.32. The minimum Gasteiger partial charge on any atom is -0.444 e. The van der Waals surface area contributed by atoms with Crippen molar-refractivity contribution in [2.75, 3.05) is 18.9 Å². The predicted octanol–water partition coefficient (Wildman–Crippen LogP) is 1.88. The molecule has 1 aliphatic rings. The van der Waals surface area contributed by atoms with Crippen LogP contribution < -0.4 is 10.6 Å².